The van der Waals surface area contributed by atoms with E-state index in [0.717, 1.165) is 11.4 Å². The summed E-state index contributed by atoms with van der Waals surface area (Å²) in [5, 5.41) is 12.7. The highest BCUT2D eigenvalue weighted by Gasteiger charge is 2.15. The van der Waals surface area contributed by atoms with E-state index in [2.05, 4.69) is 15.3 Å². The van der Waals surface area contributed by atoms with Crippen molar-refractivity contribution in [3.63, 3.8) is 0 Å². The van der Waals surface area contributed by atoms with Gasteiger partial charge in [0, 0.05) is 0 Å². The number of aryl methyl sites for hydroxylation is 2. The van der Waals surface area contributed by atoms with E-state index < -0.39 is 0 Å². The summed E-state index contributed by atoms with van der Waals surface area (Å²) in [5.41, 5.74) is 1.66. The highest BCUT2D eigenvalue weighted by molar-refractivity contribution is 6.31. The Morgan fingerprint density at radius 3 is 2.31 bits per heavy atom. The van der Waals surface area contributed by atoms with Gasteiger partial charge in [-0.2, -0.15) is 0 Å². The van der Waals surface area contributed by atoms with E-state index in [0.29, 0.717) is 16.9 Å². The Kier molecular flexibility index (Phi) is 4.50. The number of aromatic nitrogens is 2. The van der Waals surface area contributed by atoms with Gasteiger partial charge in [0.15, 0.2) is 11.0 Å². The topological polar surface area (TPSA) is 58.0 Å². The first kappa shape index (κ1) is 13.2. The van der Waals surface area contributed by atoms with Crippen molar-refractivity contribution in [1.82, 2.24) is 9.97 Å². The van der Waals surface area contributed by atoms with Crippen molar-refractivity contribution < 1.29 is 5.11 Å². The molecular weight excluding hydrogens is 226 g/mol. The summed E-state index contributed by atoms with van der Waals surface area (Å²) < 4.78 is 0. The smallest absolute Gasteiger partial charge is 0.171 e. The molecule has 0 aromatic carbocycles. The lowest BCUT2D eigenvalue weighted by Gasteiger charge is -2.21. The van der Waals surface area contributed by atoms with Crippen molar-refractivity contribution in [2.45, 2.75) is 33.7 Å². The van der Waals surface area contributed by atoms with Crippen LogP contribution in [-0.2, 0) is 0 Å². The van der Waals surface area contributed by atoms with Crippen molar-refractivity contribution in [1.29, 1.82) is 0 Å². The van der Waals surface area contributed by atoms with E-state index in [1.54, 1.807) is 0 Å². The Morgan fingerprint density at radius 1 is 1.25 bits per heavy atom. The molecule has 1 aromatic rings. The summed E-state index contributed by atoms with van der Waals surface area (Å²) in [7, 11) is 0. The summed E-state index contributed by atoms with van der Waals surface area (Å²) in [6.07, 6.45) is 0. The van der Waals surface area contributed by atoms with E-state index in [4.69, 9.17) is 11.6 Å². The molecule has 1 aromatic heterocycles. The van der Waals surface area contributed by atoms with E-state index in [9.17, 15) is 5.11 Å². The molecule has 0 spiro atoms. The van der Waals surface area contributed by atoms with Crippen LogP contribution >= 0.6 is 11.6 Å². The second-order valence-electron chi connectivity index (χ2n) is 4.21. The number of aliphatic hydroxyl groups excluding tert-OH is 1. The second kappa shape index (κ2) is 5.46. The number of hydrogen-bond acceptors (Lipinski definition) is 4. The van der Waals surface area contributed by atoms with Crippen molar-refractivity contribution in [3.05, 3.63) is 16.5 Å². The highest BCUT2D eigenvalue weighted by atomic mass is 35.5. The van der Waals surface area contributed by atoms with E-state index in [1.807, 2.05) is 27.7 Å². The Hall–Kier alpha value is -0.870. The Balaban J connectivity index is 2.92. The first-order chi connectivity index (χ1) is 7.45. The molecule has 0 bridgehead atoms. The molecule has 5 heteroatoms. The number of hydrogen-bond donors (Lipinski definition) is 2. The Morgan fingerprint density at radius 2 is 1.81 bits per heavy atom. The molecular formula is C11H18ClN3O. The van der Waals surface area contributed by atoms with Gasteiger partial charge in [0.25, 0.3) is 0 Å². The fraction of sp³-hybridized carbons (Fsp3) is 0.636. The molecule has 0 fully saturated rings. The van der Waals surface area contributed by atoms with Crippen molar-refractivity contribution >= 4 is 17.4 Å². The fourth-order valence-corrected chi connectivity index (χ4v) is 1.49. The summed E-state index contributed by atoms with van der Waals surface area (Å²) >= 11 is 5.99. The SMILES string of the molecule is Cc1nc(Cl)c(NC(CO)C(C)C)nc1C. The van der Waals surface area contributed by atoms with Crippen LogP contribution in [0.5, 0.6) is 0 Å². The number of aliphatic hydroxyl groups is 1. The largest absolute Gasteiger partial charge is 0.394 e. The van der Waals surface area contributed by atoms with E-state index in [1.165, 1.54) is 0 Å². The van der Waals surface area contributed by atoms with E-state index in [-0.39, 0.29) is 12.6 Å². The van der Waals surface area contributed by atoms with Gasteiger partial charge in [-0.1, -0.05) is 25.4 Å². The average molecular weight is 244 g/mol. The van der Waals surface area contributed by atoms with Gasteiger partial charge in [-0.25, -0.2) is 9.97 Å². The lowest BCUT2D eigenvalue weighted by atomic mass is 10.1. The first-order valence-electron chi connectivity index (χ1n) is 5.33. The van der Waals surface area contributed by atoms with Gasteiger partial charge in [0.1, 0.15) is 0 Å². The average Bonchev–Trinajstić information content (AvgIpc) is 2.21. The fourth-order valence-electron chi connectivity index (χ4n) is 1.27. The van der Waals surface area contributed by atoms with Gasteiger partial charge in [-0.15, -0.1) is 0 Å². The van der Waals surface area contributed by atoms with Crippen LogP contribution in [0.1, 0.15) is 25.2 Å². The van der Waals surface area contributed by atoms with Crippen LogP contribution in [-0.4, -0.2) is 27.7 Å². The standard InChI is InChI=1S/C11H18ClN3O/c1-6(2)9(5-16)15-11-10(12)13-7(3)8(4)14-11/h6,9,16H,5H2,1-4H3,(H,14,15). The van der Waals surface area contributed by atoms with Gasteiger partial charge in [-0.3, -0.25) is 0 Å². The maximum Gasteiger partial charge on any atom is 0.171 e. The molecule has 0 radical (unpaired) electrons. The highest BCUT2D eigenvalue weighted by Crippen LogP contribution is 2.20. The normalized spacial score (nSPS) is 12.9. The van der Waals surface area contributed by atoms with Crippen molar-refractivity contribution in [2.24, 2.45) is 5.92 Å². The van der Waals surface area contributed by atoms with Gasteiger partial charge in [0.05, 0.1) is 24.0 Å². The van der Waals surface area contributed by atoms with Crippen LogP contribution in [0.15, 0.2) is 0 Å². The molecule has 0 amide bonds. The summed E-state index contributed by atoms with van der Waals surface area (Å²) in [4.78, 5) is 8.50. The number of rotatable bonds is 4. The minimum absolute atomic E-state index is 0.0442. The van der Waals surface area contributed by atoms with Crippen LogP contribution in [0.2, 0.25) is 5.15 Å². The Labute approximate surface area is 101 Å². The summed E-state index contributed by atoms with van der Waals surface area (Å²) in [6, 6.07) is -0.0612. The van der Waals surface area contributed by atoms with Gasteiger partial charge in [0.2, 0.25) is 0 Å². The van der Waals surface area contributed by atoms with Crippen LogP contribution in [0.4, 0.5) is 5.82 Å². The van der Waals surface area contributed by atoms with Crippen molar-refractivity contribution in [3.8, 4) is 0 Å². The summed E-state index contributed by atoms with van der Waals surface area (Å²) in [6.45, 7) is 7.84. The maximum atomic E-state index is 9.22. The minimum Gasteiger partial charge on any atom is -0.394 e. The monoisotopic (exact) mass is 243 g/mol. The molecule has 0 saturated carbocycles. The third-order valence-electron chi connectivity index (χ3n) is 2.59. The first-order valence-corrected chi connectivity index (χ1v) is 5.71. The lowest BCUT2D eigenvalue weighted by Crippen LogP contribution is -2.30. The van der Waals surface area contributed by atoms with Crippen molar-refractivity contribution in [2.75, 3.05) is 11.9 Å². The lowest BCUT2D eigenvalue weighted by molar-refractivity contribution is 0.249. The van der Waals surface area contributed by atoms with E-state index >= 15 is 0 Å². The summed E-state index contributed by atoms with van der Waals surface area (Å²) in [5.74, 6) is 0.835. The molecule has 0 saturated heterocycles. The number of halogens is 1. The van der Waals surface area contributed by atoms with Crippen LogP contribution in [0.3, 0.4) is 0 Å². The molecule has 1 rings (SSSR count). The molecule has 16 heavy (non-hydrogen) atoms. The quantitative estimate of drug-likeness (QED) is 0.851. The van der Waals surface area contributed by atoms with Gasteiger partial charge >= 0.3 is 0 Å². The Bertz CT molecular complexity index is 368. The van der Waals surface area contributed by atoms with Crippen LogP contribution in [0.25, 0.3) is 0 Å². The molecule has 0 aliphatic rings. The molecule has 0 aliphatic carbocycles. The third kappa shape index (κ3) is 3.06. The molecule has 4 nitrogen and oxygen atoms in total. The molecule has 2 N–H and O–H groups in total. The molecule has 1 unspecified atom stereocenters. The van der Waals surface area contributed by atoms with Crippen LogP contribution < -0.4 is 5.32 Å². The predicted octanol–water partition coefficient (Wildman–Crippen LogP) is 2.18. The number of nitrogens with zero attached hydrogens (tertiary/aromatic N) is 2. The number of nitrogens with one attached hydrogen (secondary N) is 1. The van der Waals surface area contributed by atoms with Crippen LogP contribution in [0, 0.1) is 19.8 Å². The zero-order chi connectivity index (χ0) is 12.3. The molecule has 90 valence electrons. The number of anilines is 1. The predicted molar refractivity (Wildman–Crippen MR) is 65.9 cm³/mol. The van der Waals surface area contributed by atoms with Gasteiger partial charge < -0.3 is 10.4 Å². The second-order valence-corrected chi connectivity index (χ2v) is 4.57. The molecule has 0 aliphatic heterocycles. The third-order valence-corrected chi connectivity index (χ3v) is 2.85. The maximum absolute atomic E-state index is 9.22. The molecule has 1 atom stereocenters. The van der Waals surface area contributed by atoms with Gasteiger partial charge in [-0.05, 0) is 19.8 Å². The molecule has 1 heterocycles. The zero-order valence-corrected chi connectivity index (χ0v) is 10.8. The zero-order valence-electron chi connectivity index (χ0n) is 10.1. The minimum atomic E-state index is -0.0612.